The minimum Gasteiger partial charge on any atom is -0.381 e. The average Bonchev–Trinajstić information content (AvgIpc) is 3.10. The zero-order valence-corrected chi connectivity index (χ0v) is 19.4. The Kier molecular flexibility index (Phi) is 6.80. The van der Waals surface area contributed by atoms with Crippen LogP contribution in [-0.2, 0) is 27.7 Å². The summed E-state index contributed by atoms with van der Waals surface area (Å²) >= 11 is 1.68. The zero-order valence-electron chi connectivity index (χ0n) is 17.8. The molecule has 5 nitrogen and oxygen atoms in total. The summed E-state index contributed by atoms with van der Waals surface area (Å²) < 4.78 is 18.2. The molecule has 1 N–H and O–H groups in total. The van der Waals surface area contributed by atoms with Crippen LogP contribution in [0.15, 0.2) is 29.6 Å². The first-order valence-electron chi connectivity index (χ1n) is 10.5. The van der Waals surface area contributed by atoms with E-state index >= 15 is 0 Å². The molecule has 30 heavy (non-hydrogen) atoms. The van der Waals surface area contributed by atoms with Gasteiger partial charge in [0.2, 0.25) is 0 Å². The predicted molar refractivity (Wildman–Crippen MR) is 126 cm³/mol. The van der Waals surface area contributed by atoms with Gasteiger partial charge in [0.05, 0.1) is 5.39 Å². The smallest absolute Gasteiger partial charge is 0.143 e. The highest BCUT2D eigenvalue weighted by molar-refractivity contribution is 7.84. The van der Waals surface area contributed by atoms with Crippen molar-refractivity contribution in [3.05, 3.63) is 46.6 Å². The maximum atomic E-state index is 12.8. The van der Waals surface area contributed by atoms with Crippen molar-refractivity contribution in [3.8, 4) is 0 Å². The number of hydrogen-bond acceptors (Lipinski definition) is 6. The van der Waals surface area contributed by atoms with Crippen LogP contribution >= 0.6 is 11.3 Å². The van der Waals surface area contributed by atoms with Crippen LogP contribution in [0.25, 0.3) is 10.2 Å². The highest BCUT2D eigenvalue weighted by Gasteiger charge is 2.20. The normalized spacial score (nSPS) is 16.3. The Labute approximate surface area is 184 Å². The summed E-state index contributed by atoms with van der Waals surface area (Å²) in [6.45, 7) is 7.84. The Bertz CT molecular complexity index is 1040. The predicted octanol–water partition coefficient (Wildman–Crippen LogP) is 5.37. The van der Waals surface area contributed by atoms with Crippen molar-refractivity contribution in [2.45, 2.75) is 51.0 Å². The Morgan fingerprint density at radius 1 is 1.27 bits per heavy atom. The summed E-state index contributed by atoms with van der Waals surface area (Å²) in [7, 11) is -0.874. The van der Waals surface area contributed by atoms with Gasteiger partial charge in [0.25, 0.3) is 0 Å². The molecule has 0 amide bonds. The van der Waals surface area contributed by atoms with Crippen LogP contribution in [0.3, 0.4) is 0 Å². The van der Waals surface area contributed by atoms with Crippen molar-refractivity contribution in [2.24, 2.45) is 5.92 Å². The van der Waals surface area contributed by atoms with Crippen LogP contribution in [0.1, 0.15) is 43.6 Å². The van der Waals surface area contributed by atoms with E-state index in [9.17, 15) is 4.21 Å². The third kappa shape index (κ3) is 5.07. The van der Waals surface area contributed by atoms with Crippen LogP contribution in [0.2, 0.25) is 0 Å². The maximum Gasteiger partial charge on any atom is 0.143 e. The molecule has 0 aliphatic carbocycles. The van der Waals surface area contributed by atoms with Gasteiger partial charge >= 0.3 is 0 Å². The number of fused-ring (bicyclic) bond motifs is 1. The Morgan fingerprint density at radius 2 is 2.07 bits per heavy atom. The van der Waals surface area contributed by atoms with Gasteiger partial charge in [-0.1, -0.05) is 26.0 Å². The number of nitrogens with one attached hydrogen (secondary N) is 1. The fourth-order valence-corrected chi connectivity index (χ4v) is 6.34. The standard InChI is InChI=1S/C23H29N3O2S2/c1-15(2)11-18-13-29-23-21(18)22(24-16(3)25-23)26-19-6-4-5-17(12-19)14-30(27)20-7-9-28-10-8-20/h4-6,12-13,15,20H,7-11,14H2,1-3H3,(H,24,25,26). The SMILES string of the molecule is Cc1nc(Nc2cccc(CS(=O)C3CCOCC3)c2)c2c(CC(C)C)csc2n1. The molecule has 2 aromatic heterocycles. The highest BCUT2D eigenvalue weighted by atomic mass is 32.2. The quantitative estimate of drug-likeness (QED) is 0.532. The molecule has 7 heteroatoms. The van der Waals surface area contributed by atoms with Gasteiger partial charge in [0.1, 0.15) is 16.5 Å². The molecule has 1 atom stereocenters. The first-order valence-corrected chi connectivity index (χ1v) is 12.8. The fraction of sp³-hybridized carbons (Fsp3) is 0.478. The molecule has 3 heterocycles. The molecule has 0 radical (unpaired) electrons. The first kappa shape index (κ1) is 21.4. The molecule has 1 aliphatic heterocycles. The molecule has 1 fully saturated rings. The molecule has 1 saturated heterocycles. The molecular formula is C23H29N3O2S2. The third-order valence-electron chi connectivity index (χ3n) is 5.29. The zero-order chi connectivity index (χ0) is 21.1. The van der Waals surface area contributed by atoms with Crippen molar-refractivity contribution >= 4 is 43.9 Å². The second-order valence-electron chi connectivity index (χ2n) is 8.32. The number of benzene rings is 1. The monoisotopic (exact) mass is 443 g/mol. The Morgan fingerprint density at radius 3 is 2.83 bits per heavy atom. The van der Waals surface area contributed by atoms with E-state index in [-0.39, 0.29) is 5.25 Å². The van der Waals surface area contributed by atoms with Crippen LogP contribution in [0, 0.1) is 12.8 Å². The number of anilines is 2. The van der Waals surface area contributed by atoms with E-state index in [0.717, 1.165) is 65.6 Å². The largest absolute Gasteiger partial charge is 0.381 e. The lowest BCUT2D eigenvalue weighted by molar-refractivity contribution is 0.0992. The van der Waals surface area contributed by atoms with Gasteiger partial charge in [-0.15, -0.1) is 11.3 Å². The van der Waals surface area contributed by atoms with Crippen molar-refractivity contribution in [1.82, 2.24) is 9.97 Å². The third-order valence-corrected chi connectivity index (χ3v) is 8.04. The topological polar surface area (TPSA) is 64.1 Å². The Balaban J connectivity index is 1.57. The number of hydrogen-bond donors (Lipinski definition) is 1. The van der Waals surface area contributed by atoms with Crippen molar-refractivity contribution in [1.29, 1.82) is 0 Å². The van der Waals surface area contributed by atoms with Crippen molar-refractivity contribution in [2.75, 3.05) is 18.5 Å². The summed E-state index contributed by atoms with van der Waals surface area (Å²) in [5, 5.41) is 7.08. The summed E-state index contributed by atoms with van der Waals surface area (Å²) in [6, 6.07) is 8.21. The van der Waals surface area contributed by atoms with E-state index in [4.69, 9.17) is 9.72 Å². The molecule has 3 aromatic rings. The molecule has 1 aliphatic rings. The number of ether oxygens (including phenoxy) is 1. The van der Waals surface area contributed by atoms with E-state index in [1.165, 1.54) is 5.56 Å². The first-order chi connectivity index (χ1) is 14.5. The minimum absolute atomic E-state index is 0.240. The summed E-state index contributed by atoms with van der Waals surface area (Å²) in [5.41, 5.74) is 3.35. The van der Waals surface area contributed by atoms with Gasteiger partial charge in [-0.2, -0.15) is 0 Å². The summed E-state index contributed by atoms with van der Waals surface area (Å²) in [6.07, 6.45) is 2.78. The van der Waals surface area contributed by atoms with Crippen LogP contribution < -0.4 is 5.32 Å². The second-order valence-corrected chi connectivity index (χ2v) is 10.9. The molecule has 1 aromatic carbocycles. The van der Waals surface area contributed by atoms with E-state index in [2.05, 4.69) is 41.7 Å². The molecule has 0 bridgehead atoms. The molecule has 0 saturated carbocycles. The van der Waals surface area contributed by atoms with Crippen molar-refractivity contribution in [3.63, 3.8) is 0 Å². The number of thiophene rings is 1. The number of aromatic nitrogens is 2. The molecule has 160 valence electrons. The molecular weight excluding hydrogens is 414 g/mol. The van der Waals surface area contributed by atoms with Gasteiger partial charge in [-0.3, -0.25) is 4.21 Å². The van der Waals surface area contributed by atoms with Gasteiger partial charge in [-0.05, 0) is 60.7 Å². The van der Waals surface area contributed by atoms with E-state index in [1.807, 2.05) is 19.1 Å². The lowest BCUT2D eigenvalue weighted by Crippen LogP contribution is -2.25. The van der Waals surface area contributed by atoms with Crippen LogP contribution in [0.4, 0.5) is 11.5 Å². The molecule has 4 rings (SSSR count). The van der Waals surface area contributed by atoms with Crippen LogP contribution in [0.5, 0.6) is 0 Å². The highest BCUT2D eigenvalue weighted by Crippen LogP contribution is 2.33. The van der Waals surface area contributed by atoms with Gasteiger partial charge < -0.3 is 10.1 Å². The maximum absolute atomic E-state index is 12.8. The Hall–Kier alpha value is -1.83. The van der Waals surface area contributed by atoms with E-state index < -0.39 is 10.8 Å². The number of nitrogens with zero attached hydrogens (tertiary/aromatic N) is 2. The fourth-order valence-electron chi connectivity index (χ4n) is 3.88. The van der Waals surface area contributed by atoms with Gasteiger partial charge in [0, 0.05) is 40.7 Å². The summed E-state index contributed by atoms with van der Waals surface area (Å²) in [4.78, 5) is 10.4. The lowest BCUT2D eigenvalue weighted by atomic mass is 10.0. The van der Waals surface area contributed by atoms with Gasteiger partial charge in [0.15, 0.2) is 0 Å². The molecule has 0 spiro atoms. The number of aryl methyl sites for hydroxylation is 1. The summed E-state index contributed by atoms with van der Waals surface area (Å²) in [5.74, 6) is 2.77. The average molecular weight is 444 g/mol. The number of rotatable bonds is 7. The van der Waals surface area contributed by atoms with Crippen LogP contribution in [-0.4, -0.2) is 32.6 Å². The minimum atomic E-state index is -0.874. The van der Waals surface area contributed by atoms with E-state index in [1.54, 1.807) is 11.3 Å². The lowest BCUT2D eigenvalue weighted by Gasteiger charge is -2.21. The van der Waals surface area contributed by atoms with Crippen molar-refractivity contribution < 1.29 is 8.95 Å². The molecule has 1 unspecified atom stereocenters. The van der Waals surface area contributed by atoms with Gasteiger partial charge in [-0.25, -0.2) is 9.97 Å². The second kappa shape index (κ2) is 9.54. The van der Waals surface area contributed by atoms with E-state index in [0.29, 0.717) is 11.7 Å².